The van der Waals surface area contributed by atoms with Gasteiger partial charge in [0.05, 0.1) is 10.6 Å². The van der Waals surface area contributed by atoms with Crippen molar-refractivity contribution >= 4 is 51.0 Å². The van der Waals surface area contributed by atoms with Gasteiger partial charge in [-0.3, -0.25) is 4.79 Å². The van der Waals surface area contributed by atoms with Crippen LogP contribution in [-0.4, -0.2) is 24.6 Å². The van der Waals surface area contributed by atoms with Gasteiger partial charge in [-0.1, -0.05) is 39.7 Å². The van der Waals surface area contributed by atoms with Gasteiger partial charge in [0.25, 0.3) is 0 Å². The van der Waals surface area contributed by atoms with Gasteiger partial charge in [0.1, 0.15) is 0 Å². The normalized spacial score (nSPS) is 10.3. The van der Waals surface area contributed by atoms with E-state index in [0.717, 1.165) is 9.37 Å². The van der Waals surface area contributed by atoms with E-state index >= 15 is 0 Å². The number of rotatable bonds is 5. The Kier molecular flexibility index (Phi) is 6.06. The first-order valence-corrected chi connectivity index (χ1v) is 8.70. The third-order valence-corrected chi connectivity index (χ3v) is 4.42. The first-order chi connectivity index (χ1) is 10.5. The summed E-state index contributed by atoms with van der Waals surface area (Å²) >= 11 is 10.8. The second kappa shape index (κ2) is 7.81. The molecule has 0 bridgehead atoms. The lowest BCUT2D eigenvalue weighted by Crippen LogP contribution is -2.14. The Balaban J connectivity index is 2.05. The molecule has 22 heavy (non-hydrogen) atoms. The number of ether oxygens (including phenoxy) is 1. The van der Waals surface area contributed by atoms with Crippen LogP contribution in [-0.2, 0) is 4.74 Å². The topological polar surface area (TPSA) is 43.4 Å². The molecule has 0 aliphatic heterocycles. The van der Waals surface area contributed by atoms with Crippen LogP contribution in [0.4, 0.5) is 0 Å². The number of esters is 1. The summed E-state index contributed by atoms with van der Waals surface area (Å²) in [6.07, 6.45) is 1.90. The third kappa shape index (κ3) is 4.35. The van der Waals surface area contributed by atoms with Crippen LogP contribution in [0.2, 0.25) is 5.02 Å². The number of carbonyl (C=O) groups excluding carboxylic acids is 2. The van der Waals surface area contributed by atoms with Crippen molar-refractivity contribution in [3.63, 3.8) is 0 Å². The number of halogens is 2. The van der Waals surface area contributed by atoms with Crippen molar-refractivity contribution in [2.45, 2.75) is 4.90 Å². The van der Waals surface area contributed by atoms with Crippen LogP contribution in [0.1, 0.15) is 20.7 Å². The molecule has 0 aliphatic carbocycles. The van der Waals surface area contributed by atoms with Crippen molar-refractivity contribution < 1.29 is 14.3 Å². The lowest BCUT2D eigenvalue weighted by atomic mass is 10.1. The predicted octanol–water partition coefficient (Wildman–Crippen LogP) is 4.86. The lowest BCUT2D eigenvalue weighted by molar-refractivity contribution is 0.0474. The zero-order chi connectivity index (χ0) is 16.1. The minimum atomic E-state index is -0.607. The van der Waals surface area contributed by atoms with Gasteiger partial charge in [-0.05, 0) is 36.6 Å². The average molecular weight is 400 g/mol. The maximum atomic E-state index is 12.1. The largest absolute Gasteiger partial charge is 0.454 e. The van der Waals surface area contributed by atoms with Crippen molar-refractivity contribution in [2.24, 2.45) is 0 Å². The summed E-state index contributed by atoms with van der Waals surface area (Å²) in [5, 5.41) is 0.303. The Hall–Kier alpha value is -1.30. The summed E-state index contributed by atoms with van der Waals surface area (Å²) in [5.41, 5.74) is 0.738. The van der Waals surface area contributed by atoms with Gasteiger partial charge in [0.2, 0.25) is 0 Å². The number of benzene rings is 2. The Morgan fingerprint density at radius 2 is 2.00 bits per heavy atom. The van der Waals surface area contributed by atoms with Crippen LogP contribution >= 0.6 is 39.3 Å². The highest BCUT2D eigenvalue weighted by Gasteiger charge is 2.15. The van der Waals surface area contributed by atoms with Crippen LogP contribution < -0.4 is 0 Å². The molecule has 2 aromatic carbocycles. The molecule has 0 aliphatic rings. The summed E-state index contributed by atoms with van der Waals surface area (Å²) in [6.45, 7) is -0.324. The fourth-order valence-corrected chi connectivity index (χ4v) is 2.78. The van der Waals surface area contributed by atoms with Crippen LogP contribution in [0.3, 0.4) is 0 Å². The van der Waals surface area contributed by atoms with Crippen molar-refractivity contribution in [3.05, 3.63) is 63.1 Å². The first kappa shape index (κ1) is 17.1. The molecule has 0 N–H and O–H groups in total. The van der Waals surface area contributed by atoms with Crippen LogP contribution in [0.5, 0.6) is 0 Å². The SMILES string of the molecule is CSc1ccc(Cl)c(C(=O)OCC(=O)c2cccc(Br)c2)c1. The van der Waals surface area contributed by atoms with Crippen molar-refractivity contribution in [1.82, 2.24) is 0 Å². The number of ketones is 1. The zero-order valence-electron chi connectivity index (χ0n) is 11.6. The maximum absolute atomic E-state index is 12.1. The minimum absolute atomic E-state index is 0.260. The highest BCUT2D eigenvalue weighted by atomic mass is 79.9. The molecule has 0 saturated heterocycles. The Morgan fingerprint density at radius 3 is 2.68 bits per heavy atom. The average Bonchev–Trinajstić information content (AvgIpc) is 2.52. The van der Waals surface area contributed by atoms with Crippen LogP contribution in [0.15, 0.2) is 51.8 Å². The molecule has 2 aromatic rings. The van der Waals surface area contributed by atoms with E-state index < -0.39 is 5.97 Å². The molecule has 0 aromatic heterocycles. The number of carbonyl (C=O) groups is 2. The van der Waals surface area contributed by atoms with E-state index in [1.54, 1.807) is 30.3 Å². The molecule has 0 atom stereocenters. The monoisotopic (exact) mass is 398 g/mol. The van der Waals surface area contributed by atoms with Gasteiger partial charge in [-0.15, -0.1) is 11.8 Å². The molecule has 3 nitrogen and oxygen atoms in total. The van der Waals surface area contributed by atoms with Gasteiger partial charge in [-0.2, -0.15) is 0 Å². The molecule has 0 unspecified atom stereocenters. The lowest BCUT2D eigenvalue weighted by Gasteiger charge is -2.07. The number of hydrogen-bond acceptors (Lipinski definition) is 4. The minimum Gasteiger partial charge on any atom is -0.454 e. The summed E-state index contributed by atoms with van der Waals surface area (Å²) in [6, 6.07) is 12.0. The molecule has 0 radical (unpaired) electrons. The van der Waals surface area contributed by atoms with Crippen molar-refractivity contribution in [1.29, 1.82) is 0 Å². The highest BCUT2D eigenvalue weighted by Crippen LogP contribution is 2.23. The summed E-state index contributed by atoms with van der Waals surface area (Å²) < 4.78 is 5.86. The van der Waals surface area contributed by atoms with E-state index in [9.17, 15) is 9.59 Å². The number of hydrogen-bond donors (Lipinski definition) is 0. The van der Waals surface area contributed by atoms with Crippen molar-refractivity contribution in [3.8, 4) is 0 Å². The summed E-state index contributed by atoms with van der Waals surface area (Å²) in [7, 11) is 0. The van der Waals surface area contributed by atoms with Crippen LogP contribution in [0.25, 0.3) is 0 Å². The quantitative estimate of drug-likeness (QED) is 0.409. The Labute approximate surface area is 146 Å². The molecule has 2 rings (SSSR count). The van der Waals surface area contributed by atoms with E-state index in [1.165, 1.54) is 11.8 Å². The molecule has 0 spiro atoms. The van der Waals surface area contributed by atoms with Gasteiger partial charge in [0.15, 0.2) is 12.4 Å². The zero-order valence-corrected chi connectivity index (χ0v) is 14.8. The molecular formula is C16H12BrClO3S. The summed E-state index contributed by atoms with van der Waals surface area (Å²) in [5.74, 6) is -0.879. The van der Waals surface area contributed by atoms with Gasteiger partial charge >= 0.3 is 5.97 Å². The van der Waals surface area contributed by atoms with E-state index in [-0.39, 0.29) is 18.0 Å². The molecule has 0 amide bonds. The van der Waals surface area contributed by atoms with E-state index in [2.05, 4.69) is 15.9 Å². The maximum Gasteiger partial charge on any atom is 0.340 e. The fraction of sp³-hybridized carbons (Fsp3) is 0.125. The predicted molar refractivity (Wildman–Crippen MR) is 92.0 cm³/mol. The Bertz CT molecular complexity index is 718. The molecular weight excluding hydrogens is 388 g/mol. The number of thioether (sulfide) groups is 1. The molecule has 0 fully saturated rings. The van der Waals surface area contributed by atoms with Gasteiger partial charge < -0.3 is 4.74 Å². The number of Topliss-reactive ketones (excluding diaryl/α,β-unsaturated/α-hetero) is 1. The van der Waals surface area contributed by atoms with E-state index in [1.807, 2.05) is 18.4 Å². The molecule has 114 valence electrons. The van der Waals surface area contributed by atoms with Gasteiger partial charge in [0, 0.05) is 14.9 Å². The van der Waals surface area contributed by atoms with E-state index in [0.29, 0.717) is 10.6 Å². The summed E-state index contributed by atoms with van der Waals surface area (Å²) in [4.78, 5) is 25.0. The standard InChI is InChI=1S/C16H12BrClO3S/c1-22-12-5-6-14(18)13(8-12)16(20)21-9-15(19)10-3-2-4-11(17)7-10/h2-8H,9H2,1H3. The van der Waals surface area contributed by atoms with E-state index in [4.69, 9.17) is 16.3 Å². The highest BCUT2D eigenvalue weighted by molar-refractivity contribution is 9.10. The molecule has 0 heterocycles. The van der Waals surface area contributed by atoms with Crippen LogP contribution in [0, 0.1) is 0 Å². The smallest absolute Gasteiger partial charge is 0.340 e. The van der Waals surface area contributed by atoms with Crippen molar-refractivity contribution in [2.75, 3.05) is 12.9 Å². The second-order valence-electron chi connectivity index (χ2n) is 4.36. The van der Waals surface area contributed by atoms with Gasteiger partial charge in [-0.25, -0.2) is 4.79 Å². The first-order valence-electron chi connectivity index (χ1n) is 6.30. The molecule has 6 heteroatoms. The fourth-order valence-electron chi connectivity index (χ4n) is 1.74. The Morgan fingerprint density at radius 1 is 1.23 bits per heavy atom. The molecule has 0 saturated carbocycles. The second-order valence-corrected chi connectivity index (χ2v) is 6.56. The third-order valence-electron chi connectivity index (χ3n) is 2.87.